The van der Waals surface area contributed by atoms with E-state index in [-0.39, 0.29) is 0 Å². The van der Waals surface area contributed by atoms with E-state index < -0.39 is 0 Å². The fourth-order valence-electron chi connectivity index (χ4n) is 3.39. The quantitative estimate of drug-likeness (QED) is 0.840. The van der Waals surface area contributed by atoms with Crippen molar-refractivity contribution in [3.05, 3.63) is 29.8 Å². The normalized spacial score (nSPS) is 19.6. The Labute approximate surface area is 123 Å². The maximum absolute atomic E-state index is 5.20. The van der Waals surface area contributed by atoms with Crippen LogP contribution in [0.25, 0.3) is 0 Å². The van der Waals surface area contributed by atoms with Gasteiger partial charge in [-0.15, -0.1) is 0 Å². The first-order valence-electron chi connectivity index (χ1n) is 8.08. The minimum Gasteiger partial charge on any atom is -0.497 e. The molecule has 1 N–H and O–H groups in total. The highest BCUT2D eigenvalue weighted by Gasteiger charge is 2.21. The number of ether oxygens (including phenoxy) is 1. The highest BCUT2D eigenvalue weighted by molar-refractivity contribution is 5.27. The zero-order valence-electron chi connectivity index (χ0n) is 13.2. The van der Waals surface area contributed by atoms with Crippen molar-refractivity contribution in [2.75, 3.05) is 7.11 Å². The number of hydrogen-bond acceptors (Lipinski definition) is 2. The summed E-state index contributed by atoms with van der Waals surface area (Å²) in [6.45, 7) is 4.66. The van der Waals surface area contributed by atoms with E-state index in [9.17, 15) is 0 Å². The number of methoxy groups -OCH3 is 1. The Balaban J connectivity index is 1.79. The molecule has 0 aliphatic heterocycles. The molecular weight excluding hydrogens is 246 g/mol. The molecule has 0 radical (unpaired) electrons. The third kappa shape index (κ3) is 4.52. The highest BCUT2D eigenvalue weighted by atomic mass is 16.5. The monoisotopic (exact) mass is 275 g/mol. The number of rotatable bonds is 6. The van der Waals surface area contributed by atoms with Crippen molar-refractivity contribution in [1.82, 2.24) is 5.32 Å². The molecule has 2 rings (SSSR count). The summed E-state index contributed by atoms with van der Waals surface area (Å²) in [5, 5.41) is 3.80. The minimum atomic E-state index is 0.528. The Morgan fingerprint density at radius 1 is 1.10 bits per heavy atom. The zero-order chi connectivity index (χ0) is 14.4. The molecule has 0 heterocycles. The van der Waals surface area contributed by atoms with Gasteiger partial charge in [-0.1, -0.05) is 31.4 Å². The van der Waals surface area contributed by atoms with Crippen LogP contribution in [0.2, 0.25) is 0 Å². The zero-order valence-corrected chi connectivity index (χ0v) is 13.2. The summed E-state index contributed by atoms with van der Waals surface area (Å²) in [4.78, 5) is 0. The maximum Gasteiger partial charge on any atom is 0.118 e. The van der Waals surface area contributed by atoms with Crippen molar-refractivity contribution >= 4 is 0 Å². The first-order valence-corrected chi connectivity index (χ1v) is 8.08. The van der Waals surface area contributed by atoms with Gasteiger partial charge in [0.05, 0.1) is 7.11 Å². The second kappa shape index (κ2) is 7.68. The van der Waals surface area contributed by atoms with Crippen LogP contribution in [-0.2, 0) is 6.42 Å². The van der Waals surface area contributed by atoms with E-state index in [1.165, 1.54) is 37.7 Å². The summed E-state index contributed by atoms with van der Waals surface area (Å²) in [6, 6.07) is 9.60. The van der Waals surface area contributed by atoms with E-state index in [1.54, 1.807) is 7.11 Å². The van der Waals surface area contributed by atoms with Crippen molar-refractivity contribution in [2.45, 2.75) is 64.5 Å². The average Bonchev–Trinajstić information content (AvgIpc) is 2.49. The van der Waals surface area contributed by atoms with Gasteiger partial charge in [0.2, 0.25) is 0 Å². The largest absolute Gasteiger partial charge is 0.497 e. The predicted molar refractivity (Wildman–Crippen MR) is 85.3 cm³/mol. The molecule has 0 amide bonds. The van der Waals surface area contributed by atoms with Gasteiger partial charge in [0.25, 0.3) is 0 Å². The first-order chi connectivity index (χ1) is 9.69. The summed E-state index contributed by atoms with van der Waals surface area (Å²) in [6.07, 6.45) is 8.17. The van der Waals surface area contributed by atoms with Crippen LogP contribution in [-0.4, -0.2) is 19.2 Å². The van der Waals surface area contributed by atoms with E-state index in [1.807, 2.05) is 12.1 Å². The summed E-state index contributed by atoms with van der Waals surface area (Å²) in [5.41, 5.74) is 1.38. The van der Waals surface area contributed by atoms with Gasteiger partial charge >= 0.3 is 0 Å². The molecule has 2 nitrogen and oxygen atoms in total. The molecule has 0 saturated heterocycles. The van der Waals surface area contributed by atoms with Crippen molar-refractivity contribution < 1.29 is 4.74 Å². The fraction of sp³-hybridized carbons (Fsp3) is 0.667. The van der Waals surface area contributed by atoms with Crippen LogP contribution in [0.4, 0.5) is 0 Å². The van der Waals surface area contributed by atoms with Crippen LogP contribution in [0.3, 0.4) is 0 Å². The van der Waals surface area contributed by atoms with Gasteiger partial charge in [-0.25, -0.2) is 0 Å². The van der Waals surface area contributed by atoms with Crippen LogP contribution >= 0.6 is 0 Å². The van der Waals surface area contributed by atoms with E-state index in [0.717, 1.165) is 18.1 Å². The van der Waals surface area contributed by atoms with Gasteiger partial charge in [-0.05, 0) is 56.7 Å². The molecule has 2 heteroatoms. The second-order valence-electron chi connectivity index (χ2n) is 6.31. The number of nitrogens with one attached hydrogen (secondary N) is 1. The van der Waals surface area contributed by atoms with E-state index in [4.69, 9.17) is 4.74 Å². The molecule has 1 aliphatic rings. The lowest BCUT2D eigenvalue weighted by Crippen LogP contribution is -2.41. The Kier molecular flexibility index (Phi) is 5.90. The standard InChI is InChI=1S/C18H29NO/c1-14(13-16-9-11-18(20-3)12-10-16)19-15(2)17-7-5-4-6-8-17/h9-12,14-15,17,19H,4-8,13H2,1-3H3/t14?,15-/m1/s1. The molecule has 0 bridgehead atoms. The van der Waals surface area contributed by atoms with Crippen molar-refractivity contribution in [3.8, 4) is 5.75 Å². The molecular formula is C18H29NO. The molecule has 1 fully saturated rings. The summed E-state index contributed by atoms with van der Waals surface area (Å²) < 4.78 is 5.20. The number of benzene rings is 1. The number of hydrogen-bond donors (Lipinski definition) is 1. The third-order valence-electron chi connectivity index (χ3n) is 4.61. The van der Waals surface area contributed by atoms with Crippen LogP contribution in [0.5, 0.6) is 5.75 Å². The molecule has 1 aliphatic carbocycles. The average molecular weight is 275 g/mol. The molecule has 1 unspecified atom stereocenters. The molecule has 1 aromatic carbocycles. The molecule has 20 heavy (non-hydrogen) atoms. The van der Waals surface area contributed by atoms with E-state index >= 15 is 0 Å². The van der Waals surface area contributed by atoms with Gasteiger partial charge in [-0.2, -0.15) is 0 Å². The Morgan fingerprint density at radius 2 is 1.75 bits per heavy atom. The lowest BCUT2D eigenvalue weighted by Gasteiger charge is -2.30. The third-order valence-corrected chi connectivity index (χ3v) is 4.61. The van der Waals surface area contributed by atoms with E-state index in [2.05, 4.69) is 31.3 Å². The Bertz CT molecular complexity index is 381. The second-order valence-corrected chi connectivity index (χ2v) is 6.31. The molecule has 0 spiro atoms. The van der Waals surface area contributed by atoms with Crippen molar-refractivity contribution in [3.63, 3.8) is 0 Å². The lowest BCUT2D eigenvalue weighted by atomic mass is 9.84. The molecule has 1 aromatic rings. The summed E-state index contributed by atoms with van der Waals surface area (Å²) in [5.74, 6) is 1.81. The molecule has 2 atom stereocenters. The van der Waals surface area contributed by atoms with Gasteiger partial charge in [0, 0.05) is 12.1 Å². The fourth-order valence-corrected chi connectivity index (χ4v) is 3.39. The summed E-state index contributed by atoms with van der Waals surface area (Å²) in [7, 11) is 1.71. The Hall–Kier alpha value is -1.02. The smallest absolute Gasteiger partial charge is 0.118 e. The van der Waals surface area contributed by atoms with Crippen LogP contribution < -0.4 is 10.1 Å². The van der Waals surface area contributed by atoms with Gasteiger partial charge in [-0.3, -0.25) is 0 Å². The molecule has 112 valence electrons. The van der Waals surface area contributed by atoms with E-state index in [0.29, 0.717) is 12.1 Å². The maximum atomic E-state index is 5.20. The lowest BCUT2D eigenvalue weighted by molar-refractivity contribution is 0.267. The first kappa shape index (κ1) is 15.4. The summed E-state index contributed by atoms with van der Waals surface area (Å²) >= 11 is 0. The van der Waals surface area contributed by atoms with Gasteiger partial charge < -0.3 is 10.1 Å². The molecule has 1 saturated carbocycles. The Morgan fingerprint density at radius 3 is 2.35 bits per heavy atom. The SMILES string of the molecule is COc1ccc(CC(C)N[C@H](C)C2CCCCC2)cc1. The van der Waals surface area contributed by atoms with Crippen LogP contribution in [0.15, 0.2) is 24.3 Å². The topological polar surface area (TPSA) is 21.3 Å². The highest BCUT2D eigenvalue weighted by Crippen LogP contribution is 2.26. The minimum absolute atomic E-state index is 0.528. The molecule has 0 aromatic heterocycles. The van der Waals surface area contributed by atoms with Crippen LogP contribution in [0.1, 0.15) is 51.5 Å². The van der Waals surface area contributed by atoms with Crippen LogP contribution in [0, 0.1) is 5.92 Å². The predicted octanol–water partition coefficient (Wildman–Crippen LogP) is 4.18. The van der Waals surface area contributed by atoms with Gasteiger partial charge in [0.1, 0.15) is 5.75 Å². The van der Waals surface area contributed by atoms with Gasteiger partial charge in [0.15, 0.2) is 0 Å². The van der Waals surface area contributed by atoms with Crippen molar-refractivity contribution in [1.29, 1.82) is 0 Å². The van der Waals surface area contributed by atoms with Crippen molar-refractivity contribution in [2.24, 2.45) is 5.92 Å².